The molecule has 7 heteroatoms. The van der Waals surface area contributed by atoms with Gasteiger partial charge in [0, 0.05) is 18.3 Å². The van der Waals surface area contributed by atoms with Gasteiger partial charge in [-0.2, -0.15) is 0 Å². The summed E-state index contributed by atoms with van der Waals surface area (Å²) in [6.07, 6.45) is 0. The number of rotatable bonds is 5. The molecule has 0 aliphatic carbocycles. The molecule has 130 valence electrons. The van der Waals surface area contributed by atoms with Gasteiger partial charge in [-0.25, -0.2) is 4.79 Å². The molecule has 3 amide bonds. The Labute approximate surface area is 145 Å². The summed E-state index contributed by atoms with van der Waals surface area (Å²) in [5.74, 6) is 0.923. The van der Waals surface area contributed by atoms with Crippen LogP contribution in [0.15, 0.2) is 48.5 Å². The summed E-state index contributed by atoms with van der Waals surface area (Å²) in [7, 11) is 0. The van der Waals surface area contributed by atoms with E-state index in [2.05, 4.69) is 16.0 Å². The molecule has 0 aromatic heterocycles. The predicted molar refractivity (Wildman–Crippen MR) is 92.7 cm³/mol. The average Bonchev–Trinajstić information content (AvgIpc) is 2.65. The molecule has 1 aliphatic rings. The lowest BCUT2D eigenvalue weighted by atomic mass is 10.2. The van der Waals surface area contributed by atoms with Crippen molar-refractivity contribution >= 4 is 17.6 Å². The van der Waals surface area contributed by atoms with Crippen molar-refractivity contribution in [1.82, 2.24) is 10.6 Å². The van der Waals surface area contributed by atoms with Gasteiger partial charge in [0.25, 0.3) is 0 Å². The smallest absolute Gasteiger partial charge is 0.315 e. The molecule has 25 heavy (non-hydrogen) atoms. The van der Waals surface area contributed by atoms with Gasteiger partial charge >= 0.3 is 6.03 Å². The molecule has 0 bridgehead atoms. The summed E-state index contributed by atoms with van der Waals surface area (Å²) in [6, 6.07) is 14.3. The van der Waals surface area contributed by atoms with Gasteiger partial charge in [-0.15, -0.1) is 0 Å². The molecule has 0 saturated carbocycles. The maximum Gasteiger partial charge on any atom is 0.315 e. The first-order valence-electron chi connectivity index (χ1n) is 7.96. The lowest BCUT2D eigenvalue weighted by Gasteiger charge is -2.19. The van der Waals surface area contributed by atoms with E-state index in [1.54, 1.807) is 18.2 Å². The number of hydrogen-bond acceptors (Lipinski definition) is 4. The molecule has 0 radical (unpaired) electrons. The topological polar surface area (TPSA) is 88.7 Å². The average molecular weight is 341 g/mol. The molecule has 0 spiro atoms. The molecule has 2 aromatic rings. The second kappa shape index (κ2) is 8.05. The number of ether oxygens (including phenoxy) is 2. The Balaban J connectivity index is 1.42. The minimum atomic E-state index is -0.402. The third-order valence-corrected chi connectivity index (χ3v) is 3.53. The van der Waals surface area contributed by atoms with Crippen LogP contribution in [0.1, 0.15) is 5.56 Å². The summed E-state index contributed by atoms with van der Waals surface area (Å²) in [5, 5.41) is 7.91. The maximum atomic E-state index is 11.9. The Morgan fingerprint density at radius 2 is 1.68 bits per heavy atom. The van der Waals surface area contributed by atoms with Crippen molar-refractivity contribution in [2.45, 2.75) is 6.54 Å². The van der Waals surface area contributed by atoms with E-state index in [9.17, 15) is 9.59 Å². The number of carbonyl (C=O) groups is 2. The van der Waals surface area contributed by atoms with Crippen molar-refractivity contribution in [1.29, 1.82) is 0 Å². The molecule has 3 N–H and O–H groups in total. The van der Waals surface area contributed by atoms with Gasteiger partial charge in [0.05, 0.1) is 6.54 Å². The molecule has 0 fully saturated rings. The summed E-state index contributed by atoms with van der Waals surface area (Å²) in [5.41, 5.74) is 1.57. The summed E-state index contributed by atoms with van der Waals surface area (Å²) in [6.45, 7) is 1.26. The van der Waals surface area contributed by atoms with E-state index in [4.69, 9.17) is 9.47 Å². The molecular weight excluding hydrogens is 322 g/mol. The number of carbonyl (C=O) groups excluding carboxylic acids is 2. The zero-order chi connectivity index (χ0) is 17.5. The van der Waals surface area contributed by atoms with Gasteiger partial charge in [0.15, 0.2) is 11.5 Å². The van der Waals surface area contributed by atoms with Crippen LogP contribution in [0.4, 0.5) is 10.5 Å². The number of nitrogens with one attached hydrogen (secondary N) is 3. The second-order valence-electron chi connectivity index (χ2n) is 5.43. The normalized spacial score (nSPS) is 12.2. The Bertz CT molecular complexity index is 749. The Hall–Kier alpha value is -3.22. The van der Waals surface area contributed by atoms with E-state index in [1.807, 2.05) is 30.3 Å². The lowest BCUT2D eigenvalue weighted by molar-refractivity contribution is -0.115. The van der Waals surface area contributed by atoms with Crippen LogP contribution in [0.2, 0.25) is 0 Å². The largest absolute Gasteiger partial charge is 0.486 e. The van der Waals surface area contributed by atoms with Gasteiger partial charge in [0.2, 0.25) is 5.91 Å². The van der Waals surface area contributed by atoms with E-state index in [-0.39, 0.29) is 12.5 Å². The number of hydrogen-bond donors (Lipinski definition) is 3. The molecular formula is C18H19N3O4. The van der Waals surface area contributed by atoms with Crippen molar-refractivity contribution in [2.24, 2.45) is 0 Å². The fourth-order valence-electron chi connectivity index (χ4n) is 2.33. The van der Waals surface area contributed by atoms with E-state index in [0.29, 0.717) is 36.9 Å². The molecule has 0 atom stereocenters. The lowest BCUT2D eigenvalue weighted by Crippen LogP contribution is -2.39. The maximum absolute atomic E-state index is 11.9. The highest BCUT2D eigenvalue weighted by molar-refractivity contribution is 5.94. The van der Waals surface area contributed by atoms with Crippen LogP contribution in [0.5, 0.6) is 11.5 Å². The third kappa shape index (κ3) is 4.87. The highest BCUT2D eigenvalue weighted by Crippen LogP contribution is 2.32. The number of amides is 3. The van der Waals surface area contributed by atoms with E-state index in [0.717, 1.165) is 5.56 Å². The quantitative estimate of drug-likeness (QED) is 0.775. The van der Waals surface area contributed by atoms with Gasteiger partial charge in [0.1, 0.15) is 13.2 Å². The minimum absolute atomic E-state index is 0.130. The van der Waals surface area contributed by atoms with E-state index in [1.165, 1.54) is 0 Å². The standard InChI is InChI=1S/C18H19N3O4/c22-17(12-20-18(23)19-11-13-4-2-1-3-5-13)21-14-6-7-15-16(10-14)25-9-8-24-15/h1-7,10H,8-9,11-12H2,(H,21,22)(H2,19,20,23). The summed E-state index contributed by atoms with van der Waals surface area (Å²) >= 11 is 0. The number of anilines is 1. The van der Waals surface area contributed by atoms with Crippen LogP contribution in [-0.4, -0.2) is 31.7 Å². The fourth-order valence-corrected chi connectivity index (χ4v) is 2.33. The molecule has 7 nitrogen and oxygen atoms in total. The SMILES string of the molecule is O=C(CNC(=O)NCc1ccccc1)Nc1ccc2c(c1)OCCO2. The Morgan fingerprint density at radius 3 is 2.48 bits per heavy atom. The van der Waals surface area contributed by atoms with Gasteiger partial charge < -0.3 is 25.4 Å². The molecule has 0 saturated heterocycles. The van der Waals surface area contributed by atoms with E-state index >= 15 is 0 Å². The van der Waals surface area contributed by atoms with Crippen molar-refractivity contribution in [3.63, 3.8) is 0 Å². The van der Waals surface area contributed by atoms with Crippen molar-refractivity contribution < 1.29 is 19.1 Å². The summed E-state index contributed by atoms with van der Waals surface area (Å²) in [4.78, 5) is 23.7. The second-order valence-corrected chi connectivity index (χ2v) is 5.43. The van der Waals surface area contributed by atoms with Crippen LogP contribution < -0.4 is 25.4 Å². The van der Waals surface area contributed by atoms with Gasteiger partial charge in [-0.05, 0) is 17.7 Å². The fraction of sp³-hybridized carbons (Fsp3) is 0.222. The number of benzene rings is 2. The molecule has 1 heterocycles. The first-order chi connectivity index (χ1) is 12.2. The third-order valence-electron chi connectivity index (χ3n) is 3.53. The van der Waals surface area contributed by atoms with Crippen LogP contribution in [-0.2, 0) is 11.3 Å². The van der Waals surface area contributed by atoms with Crippen LogP contribution >= 0.6 is 0 Å². The van der Waals surface area contributed by atoms with Crippen molar-refractivity contribution in [3.05, 3.63) is 54.1 Å². The van der Waals surface area contributed by atoms with Crippen LogP contribution in [0, 0.1) is 0 Å². The molecule has 1 aliphatic heterocycles. The Morgan fingerprint density at radius 1 is 0.920 bits per heavy atom. The highest BCUT2D eigenvalue weighted by atomic mass is 16.6. The number of fused-ring (bicyclic) bond motifs is 1. The van der Waals surface area contributed by atoms with Gasteiger partial charge in [-0.3, -0.25) is 4.79 Å². The Kier molecular flexibility index (Phi) is 5.36. The van der Waals surface area contributed by atoms with Crippen molar-refractivity contribution in [3.8, 4) is 11.5 Å². The first-order valence-corrected chi connectivity index (χ1v) is 7.96. The highest BCUT2D eigenvalue weighted by Gasteiger charge is 2.13. The first kappa shape index (κ1) is 16.6. The molecule has 0 unspecified atom stereocenters. The predicted octanol–water partition coefficient (Wildman–Crippen LogP) is 1.90. The zero-order valence-electron chi connectivity index (χ0n) is 13.6. The van der Waals surface area contributed by atoms with Gasteiger partial charge in [-0.1, -0.05) is 30.3 Å². The van der Waals surface area contributed by atoms with Crippen LogP contribution in [0.25, 0.3) is 0 Å². The van der Waals surface area contributed by atoms with Crippen molar-refractivity contribution in [2.75, 3.05) is 25.1 Å². The molecule has 2 aromatic carbocycles. The summed E-state index contributed by atoms with van der Waals surface area (Å²) < 4.78 is 10.9. The monoisotopic (exact) mass is 341 g/mol. The number of urea groups is 1. The molecule has 3 rings (SSSR count). The van der Waals surface area contributed by atoms with E-state index < -0.39 is 6.03 Å². The van der Waals surface area contributed by atoms with Crippen LogP contribution in [0.3, 0.4) is 0 Å². The zero-order valence-corrected chi connectivity index (χ0v) is 13.6. The minimum Gasteiger partial charge on any atom is -0.486 e.